The molecule has 0 spiro atoms. The molecule has 1 amide bonds. The number of nitrogens with one attached hydrogen (secondary N) is 1. The van der Waals surface area contributed by atoms with Crippen LogP contribution in [0.1, 0.15) is 18.1 Å². The second kappa shape index (κ2) is 12.3. The fraction of sp³-hybridized carbons (Fsp3) is 0.174. The highest BCUT2D eigenvalue weighted by Crippen LogP contribution is 2.33. The van der Waals surface area contributed by atoms with E-state index in [0.717, 1.165) is 0 Å². The van der Waals surface area contributed by atoms with Crippen LogP contribution in [-0.4, -0.2) is 25.1 Å². The van der Waals surface area contributed by atoms with Gasteiger partial charge in [-0.2, -0.15) is 5.26 Å². The number of hydrogen-bond donors (Lipinski definition) is 1. The summed E-state index contributed by atoms with van der Waals surface area (Å²) in [5.74, 6) is -0.680. The third kappa shape index (κ3) is 6.86. The molecular weight excluding hydrogens is 519 g/mol. The number of benzene rings is 2. The van der Waals surface area contributed by atoms with Gasteiger partial charge in [-0.15, -0.1) is 6.58 Å². The summed E-state index contributed by atoms with van der Waals surface area (Å²) in [6.45, 7) is 5.44. The lowest BCUT2D eigenvalue weighted by atomic mass is 10.0. The largest absolute Gasteiger partial charge is 0.480 e. The van der Waals surface area contributed by atoms with E-state index in [9.17, 15) is 14.9 Å². The van der Waals surface area contributed by atoms with Crippen molar-refractivity contribution in [1.82, 2.24) is 0 Å². The van der Waals surface area contributed by atoms with E-state index in [1.54, 1.807) is 43.3 Å². The summed E-state index contributed by atoms with van der Waals surface area (Å²) in [7, 11) is 0. The fourth-order valence-corrected chi connectivity index (χ4v) is 3.65. The van der Waals surface area contributed by atoms with Crippen molar-refractivity contribution in [2.45, 2.75) is 13.3 Å². The number of amides is 1. The molecule has 0 atom stereocenters. The minimum atomic E-state index is -0.638. The van der Waals surface area contributed by atoms with Crippen molar-refractivity contribution in [1.29, 1.82) is 5.26 Å². The third-order valence-corrected chi connectivity index (χ3v) is 5.43. The van der Waals surface area contributed by atoms with Gasteiger partial charge in [-0.3, -0.25) is 4.79 Å². The minimum absolute atomic E-state index is 0.141. The second-order valence-electron chi connectivity index (χ2n) is 6.30. The zero-order chi connectivity index (χ0) is 23.7. The number of esters is 1. The van der Waals surface area contributed by atoms with E-state index in [2.05, 4.69) is 27.8 Å². The second-order valence-corrected chi connectivity index (χ2v) is 7.94. The topological polar surface area (TPSA) is 88.4 Å². The molecule has 0 saturated heterocycles. The van der Waals surface area contributed by atoms with Crippen molar-refractivity contribution < 1.29 is 19.1 Å². The molecule has 0 aliphatic heterocycles. The van der Waals surface area contributed by atoms with Gasteiger partial charge < -0.3 is 14.8 Å². The van der Waals surface area contributed by atoms with Crippen LogP contribution in [0.3, 0.4) is 0 Å². The molecule has 1 N–H and O–H groups in total. The van der Waals surface area contributed by atoms with Crippen LogP contribution in [0, 0.1) is 11.3 Å². The van der Waals surface area contributed by atoms with Crippen LogP contribution < -0.4 is 10.1 Å². The summed E-state index contributed by atoms with van der Waals surface area (Å²) in [4.78, 5) is 24.2. The quantitative estimate of drug-likeness (QED) is 0.184. The van der Waals surface area contributed by atoms with Crippen LogP contribution >= 0.6 is 39.1 Å². The van der Waals surface area contributed by atoms with E-state index >= 15 is 0 Å². The van der Waals surface area contributed by atoms with Crippen LogP contribution in [0.2, 0.25) is 10.0 Å². The maximum absolute atomic E-state index is 12.6. The van der Waals surface area contributed by atoms with Crippen molar-refractivity contribution >= 4 is 62.8 Å². The number of nitrogens with zero attached hydrogens (tertiary/aromatic N) is 1. The number of carbonyl (C=O) groups is 2. The molecule has 0 bridgehead atoms. The van der Waals surface area contributed by atoms with Crippen molar-refractivity contribution in [2.75, 3.05) is 18.5 Å². The summed E-state index contributed by atoms with van der Waals surface area (Å²) in [5.41, 5.74) is 1.43. The summed E-state index contributed by atoms with van der Waals surface area (Å²) in [6, 6.07) is 10.1. The molecule has 2 aromatic rings. The van der Waals surface area contributed by atoms with Crippen LogP contribution in [0.15, 0.2) is 53.0 Å². The van der Waals surface area contributed by atoms with Gasteiger partial charge in [0.15, 0.2) is 6.61 Å². The van der Waals surface area contributed by atoms with Gasteiger partial charge in [0.05, 0.1) is 26.8 Å². The molecule has 0 aromatic heterocycles. The molecule has 0 fully saturated rings. The monoisotopic (exact) mass is 536 g/mol. The first-order valence-corrected chi connectivity index (χ1v) is 10.9. The van der Waals surface area contributed by atoms with E-state index in [0.29, 0.717) is 33.5 Å². The lowest BCUT2D eigenvalue weighted by Crippen LogP contribution is -2.15. The molecular formula is C23H19BrCl2N2O4. The number of ether oxygens (including phenoxy) is 2. The Morgan fingerprint density at radius 2 is 2.06 bits per heavy atom. The molecule has 2 aromatic carbocycles. The van der Waals surface area contributed by atoms with E-state index in [1.807, 2.05) is 6.07 Å². The van der Waals surface area contributed by atoms with Gasteiger partial charge in [0, 0.05) is 0 Å². The highest BCUT2D eigenvalue weighted by Gasteiger charge is 2.16. The standard InChI is InChI=1S/C23H19BrCl2N2O4/c1-3-6-15-9-14(11-17(24)22(15)32-13-20(29)31-4-2)10-16(12-27)23(30)28-19-8-5-7-18(25)21(19)26/h3,5,7-11H,1,4,6,13H2,2H3,(H,28,30)/b16-10-. The zero-order valence-electron chi connectivity index (χ0n) is 17.1. The highest BCUT2D eigenvalue weighted by molar-refractivity contribution is 9.10. The fourth-order valence-electron chi connectivity index (χ4n) is 2.66. The summed E-state index contributed by atoms with van der Waals surface area (Å²) in [5, 5.41) is 12.6. The molecule has 0 saturated carbocycles. The van der Waals surface area contributed by atoms with Gasteiger partial charge in [-0.25, -0.2) is 4.79 Å². The molecule has 0 heterocycles. The number of hydrogen-bond acceptors (Lipinski definition) is 5. The first-order chi connectivity index (χ1) is 15.3. The minimum Gasteiger partial charge on any atom is -0.480 e. The molecule has 32 heavy (non-hydrogen) atoms. The third-order valence-electron chi connectivity index (χ3n) is 4.02. The van der Waals surface area contributed by atoms with Crippen LogP contribution in [0.25, 0.3) is 6.08 Å². The van der Waals surface area contributed by atoms with Crippen molar-refractivity contribution in [2.24, 2.45) is 0 Å². The van der Waals surface area contributed by atoms with Gasteiger partial charge in [-0.1, -0.05) is 35.3 Å². The Kier molecular flexibility index (Phi) is 9.79. The Balaban J connectivity index is 2.32. The van der Waals surface area contributed by atoms with E-state index in [1.165, 1.54) is 6.08 Å². The summed E-state index contributed by atoms with van der Waals surface area (Å²) >= 11 is 15.5. The molecule has 0 radical (unpaired) electrons. The van der Waals surface area contributed by atoms with Crippen molar-refractivity contribution in [3.8, 4) is 11.8 Å². The lowest BCUT2D eigenvalue weighted by Gasteiger charge is -2.13. The Labute approximate surface area is 204 Å². The number of rotatable bonds is 9. The maximum Gasteiger partial charge on any atom is 0.344 e. The molecule has 0 aliphatic rings. The smallest absolute Gasteiger partial charge is 0.344 e. The van der Waals surface area contributed by atoms with Gasteiger partial charge >= 0.3 is 5.97 Å². The van der Waals surface area contributed by atoms with Crippen molar-refractivity contribution in [3.05, 3.63) is 74.2 Å². The highest BCUT2D eigenvalue weighted by atomic mass is 79.9. The molecule has 0 unspecified atom stereocenters. The SMILES string of the molecule is C=CCc1cc(/C=C(/C#N)C(=O)Nc2cccc(Cl)c2Cl)cc(Br)c1OCC(=O)OCC. The van der Waals surface area contributed by atoms with E-state index in [4.69, 9.17) is 32.7 Å². The molecule has 6 nitrogen and oxygen atoms in total. The van der Waals surface area contributed by atoms with E-state index < -0.39 is 11.9 Å². The Bertz CT molecular complexity index is 1110. The number of anilines is 1. The van der Waals surface area contributed by atoms with Gasteiger partial charge in [-0.05, 0) is 70.7 Å². The zero-order valence-corrected chi connectivity index (χ0v) is 20.2. The van der Waals surface area contributed by atoms with Gasteiger partial charge in [0.25, 0.3) is 5.91 Å². The van der Waals surface area contributed by atoms with Gasteiger partial charge in [0.1, 0.15) is 17.4 Å². The molecule has 9 heteroatoms. The number of allylic oxidation sites excluding steroid dienone is 1. The number of nitriles is 1. The predicted octanol–water partition coefficient (Wildman–Crippen LogP) is 5.97. The normalized spacial score (nSPS) is 10.8. The Morgan fingerprint density at radius 1 is 1.31 bits per heavy atom. The van der Waals surface area contributed by atoms with Crippen molar-refractivity contribution in [3.63, 3.8) is 0 Å². The van der Waals surface area contributed by atoms with E-state index in [-0.39, 0.29) is 28.8 Å². The number of halogens is 3. The molecule has 2 rings (SSSR count). The lowest BCUT2D eigenvalue weighted by molar-refractivity contribution is -0.145. The Morgan fingerprint density at radius 3 is 2.72 bits per heavy atom. The summed E-state index contributed by atoms with van der Waals surface area (Å²) in [6.07, 6.45) is 3.54. The van der Waals surface area contributed by atoms with Crippen LogP contribution in [-0.2, 0) is 20.7 Å². The number of carbonyl (C=O) groups excluding carboxylic acids is 2. The molecule has 166 valence electrons. The van der Waals surface area contributed by atoms with Gasteiger partial charge in [0.2, 0.25) is 0 Å². The maximum atomic E-state index is 12.6. The average Bonchev–Trinajstić information content (AvgIpc) is 2.75. The first kappa shape index (κ1) is 25.5. The van der Waals surface area contributed by atoms with Crippen LogP contribution in [0.5, 0.6) is 5.75 Å². The summed E-state index contributed by atoms with van der Waals surface area (Å²) < 4.78 is 11.0. The molecule has 0 aliphatic carbocycles. The average molecular weight is 538 g/mol. The predicted molar refractivity (Wildman–Crippen MR) is 129 cm³/mol. The first-order valence-electron chi connectivity index (χ1n) is 9.39. The van der Waals surface area contributed by atoms with Crippen LogP contribution in [0.4, 0.5) is 5.69 Å². The Hall–Kier alpha value is -2.79.